The molecule has 0 aliphatic carbocycles. The molecule has 0 spiro atoms. The summed E-state index contributed by atoms with van der Waals surface area (Å²) in [5.41, 5.74) is 10.1. The van der Waals surface area contributed by atoms with E-state index in [1.807, 2.05) is 0 Å². The second-order valence-corrected chi connectivity index (χ2v) is 3.01. The van der Waals surface area contributed by atoms with E-state index in [0.29, 0.717) is 5.75 Å². The number of ether oxygens (including phenoxy) is 2. The van der Waals surface area contributed by atoms with E-state index in [4.69, 9.17) is 20.9 Å². The van der Waals surface area contributed by atoms with Gasteiger partial charge in [-0.3, -0.25) is 0 Å². The molecule has 0 unspecified atom stereocenters. The maximum Gasteiger partial charge on any atom is 0.333 e. The van der Waals surface area contributed by atoms with Crippen LogP contribution >= 0.6 is 0 Å². The van der Waals surface area contributed by atoms with Crippen molar-refractivity contribution in [3.63, 3.8) is 0 Å². The molecule has 0 bridgehead atoms. The summed E-state index contributed by atoms with van der Waals surface area (Å²) in [4.78, 5) is 14.7. The minimum Gasteiger partial charge on any atom is -0.497 e. The van der Waals surface area contributed by atoms with E-state index in [1.165, 1.54) is 19.2 Å². The Bertz CT molecular complexity index is 444. The van der Waals surface area contributed by atoms with Gasteiger partial charge in [0.05, 0.1) is 7.11 Å². The Balaban J connectivity index is 2.73. The van der Waals surface area contributed by atoms with E-state index < -0.39 is 11.8 Å². The second-order valence-electron chi connectivity index (χ2n) is 3.01. The summed E-state index contributed by atoms with van der Waals surface area (Å²) < 4.78 is 22.8. The van der Waals surface area contributed by atoms with Gasteiger partial charge in [0.2, 0.25) is 0 Å². The highest BCUT2D eigenvalue weighted by atomic mass is 19.1. The number of halogens is 1. The average molecular weight is 241 g/mol. The summed E-state index contributed by atoms with van der Waals surface area (Å²) in [5, 5.41) is 0. The molecule has 1 aromatic rings. The monoisotopic (exact) mass is 241 g/mol. The van der Waals surface area contributed by atoms with Gasteiger partial charge < -0.3 is 20.9 Å². The maximum atomic E-state index is 13.2. The van der Waals surface area contributed by atoms with Crippen LogP contribution in [0, 0.1) is 5.82 Å². The van der Waals surface area contributed by atoms with Crippen LogP contribution in [0.5, 0.6) is 11.5 Å². The Morgan fingerprint density at radius 2 is 2.18 bits per heavy atom. The van der Waals surface area contributed by atoms with Crippen LogP contribution in [0.2, 0.25) is 0 Å². The summed E-state index contributed by atoms with van der Waals surface area (Å²) in [7, 11) is 1.41. The SMILES string of the molecule is COc1ccc(F)c(OC(=O)CN=C(N)N)c1. The van der Waals surface area contributed by atoms with Gasteiger partial charge in [-0.05, 0) is 12.1 Å². The predicted molar refractivity (Wildman–Crippen MR) is 59.3 cm³/mol. The van der Waals surface area contributed by atoms with Crippen molar-refractivity contribution in [2.24, 2.45) is 16.5 Å². The summed E-state index contributed by atoms with van der Waals surface area (Å²) in [6.07, 6.45) is 0. The number of benzene rings is 1. The van der Waals surface area contributed by atoms with Gasteiger partial charge >= 0.3 is 5.97 Å². The van der Waals surface area contributed by atoms with Crippen LogP contribution in [0.15, 0.2) is 23.2 Å². The molecule has 4 N–H and O–H groups in total. The number of rotatable bonds is 4. The lowest BCUT2D eigenvalue weighted by Crippen LogP contribution is -2.25. The fraction of sp³-hybridized carbons (Fsp3) is 0.200. The number of carbonyl (C=O) groups excluding carboxylic acids is 1. The van der Waals surface area contributed by atoms with Crippen LogP contribution in [-0.2, 0) is 4.79 Å². The van der Waals surface area contributed by atoms with E-state index in [0.717, 1.165) is 6.07 Å². The fourth-order valence-electron chi connectivity index (χ4n) is 1.000. The molecule has 7 heteroatoms. The largest absolute Gasteiger partial charge is 0.497 e. The molecular formula is C10H12FN3O3. The van der Waals surface area contributed by atoms with Crippen LogP contribution in [0.1, 0.15) is 0 Å². The lowest BCUT2D eigenvalue weighted by molar-refractivity contribution is -0.132. The van der Waals surface area contributed by atoms with Crippen molar-refractivity contribution in [2.75, 3.05) is 13.7 Å². The van der Waals surface area contributed by atoms with E-state index in [2.05, 4.69) is 4.99 Å². The minimum atomic E-state index is -0.773. The third kappa shape index (κ3) is 3.98. The lowest BCUT2D eigenvalue weighted by Gasteiger charge is -2.06. The molecule has 17 heavy (non-hydrogen) atoms. The molecule has 0 atom stereocenters. The molecule has 0 aliphatic heterocycles. The first kappa shape index (κ1) is 12.8. The predicted octanol–water partition coefficient (Wildman–Crippen LogP) is 0.0131. The quantitative estimate of drug-likeness (QED) is 0.335. The molecule has 6 nitrogen and oxygen atoms in total. The van der Waals surface area contributed by atoms with Crippen LogP contribution in [-0.4, -0.2) is 25.6 Å². The number of nitrogens with two attached hydrogens (primary N) is 2. The number of hydrogen-bond donors (Lipinski definition) is 2. The Morgan fingerprint density at radius 1 is 1.47 bits per heavy atom. The van der Waals surface area contributed by atoms with Gasteiger partial charge in [-0.2, -0.15) is 0 Å². The standard InChI is InChI=1S/C10H12FN3O3/c1-16-6-2-3-7(11)8(4-6)17-9(15)5-14-10(12)13/h2-4H,5H2,1H3,(H4,12,13,14). The smallest absolute Gasteiger partial charge is 0.333 e. The first-order valence-electron chi connectivity index (χ1n) is 4.62. The van der Waals surface area contributed by atoms with Crippen LogP contribution < -0.4 is 20.9 Å². The molecule has 0 heterocycles. The first-order valence-corrected chi connectivity index (χ1v) is 4.62. The van der Waals surface area contributed by atoms with Gasteiger partial charge in [0, 0.05) is 6.07 Å². The maximum absolute atomic E-state index is 13.2. The number of aliphatic imine (C=N–C) groups is 1. The van der Waals surface area contributed by atoms with Gasteiger partial charge in [-0.1, -0.05) is 0 Å². The molecule has 0 aromatic heterocycles. The summed E-state index contributed by atoms with van der Waals surface area (Å²) >= 11 is 0. The van der Waals surface area contributed by atoms with Crippen LogP contribution in [0.3, 0.4) is 0 Å². The first-order chi connectivity index (χ1) is 8.02. The van der Waals surface area contributed by atoms with E-state index >= 15 is 0 Å². The van der Waals surface area contributed by atoms with Crippen molar-refractivity contribution in [3.05, 3.63) is 24.0 Å². The third-order valence-corrected chi connectivity index (χ3v) is 1.75. The van der Waals surface area contributed by atoms with E-state index in [9.17, 15) is 9.18 Å². The third-order valence-electron chi connectivity index (χ3n) is 1.75. The molecule has 0 aliphatic rings. The Kier molecular flexibility index (Phi) is 4.27. The summed E-state index contributed by atoms with van der Waals surface area (Å²) in [6, 6.07) is 3.79. The fourth-order valence-corrected chi connectivity index (χ4v) is 1.000. The molecule has 0 fully saturated rings. The van der Waals surface area contributed by atoms with Crippen molar-refractivity contribution < 1.29 is 18.7 Å². The number of hydrogen-bond acceptors (Lipinski definition) is 4. The van der Waals surface area contributed by atoms with Crippen LogP contribution in [0.4, 0.5) is 4.39 Å². The van der Waals surface area contributed by atoms with Crippen molar-refractivity contribution in [3.8, 4) is 11.5 Å². The molecule has 92 valence electrons. The van der Waals surface area contributed by atoms with Gasteiger partial charge in [-0.25, -0.2) is 14.2 Å². The zero-order valence-electron chi connectivity index (χ0n) is 9.14. The number of guanidine groups is 1. The van der Waals surface area contributed by atoms with Gasteiger partial charge in [0.1, 0.15) is 12.3 Å². The van der Waals surface area contributed by atoms with Crippen molar-refractivity contribution in [2.45, 2.75) is 0 Å². The average Bonchev–Trinajstić information content (AvgIpc) is 2.29. The van der Waals surface area contributed by atoms with E-state index in [1.54, 1.807) is 0 Å². The minimum absolute atomic E-state index is 0.236. The highest BCUT2D eigenvalue weighted by Gasteiger charge is 2.10. The Labute approximate surface area is 97.0 Å². The van der Waals surface area contributed by atoms with E-state index in [-0.39, 0.29) is 18.3 Å². The van der Waals surface area contributed by atoms with Crippen molar-refractivity contribution in [1.29, 1.82) is 0 Å². The van der Waals surface area contributed by atoms with Crippen molar-refractivity contribution in [1.82, 2.24) is 0 Å². The van der Waals surface area contributed by atoms with Crippen LogP contribution in [0.25, 0.3) is 0 Å². The number of carbonyl (C=O) groups is 1. The number of methoxy groups -OCH3 is 1. The Morgan fingerprint density at radius 3 is 2.76 bits per heavy atom. The zero-order valence-corrected chi connectivity index (χ0v) is 9.14. The lowest BCUT2D eigenvalue weighted by atomic mass is 10.3. The summed E-state index contributed by atoms with van der Waals surface area (Å²) in [6.45, 7) is -0.376. The normalized spacial score (nSPS) is 9.53. The van der Waals surface area contributed by atoms with Gasteiger partial charge in [0.15, 0.2) is 17.5 Å². The highest BCUT2D eigenvalue weighted by molar-refractivity contribution is 5.81. The highest BCUT2D eigenvalue weighted by Crippen LogP contribution is 2.23. The zero-order chi connectivity index (χ0) is 12.8. The molecule has 0 radical (unpaired) electrons. The molecule has 1 rings (SSSR count). The Hall–Kier alpha value is -2.31. The van der Waals surface area contributed by atoms with Gasteiger partial charge in [-0.15, -0.1) is 0 Å². The molecule has 0 amide bonds. The molecular weight excluding hydrogens is 229 g/mol. The molecule has 0 saturated heterocycles. The number of nitrogens with zero attached hydrogens (tertiary/aromatic N) is 1. The molecule has 0 saturated carbocycles. The van der Waals surface area contributed by atoms with Gasteiger partial charge in [0.25, 0.3) is 0 Å². The molecule has 1 aromatic carbocycles. The summed E-state index contributed by atoms with van der Waals surface area (Å²) in [5.74, 6) is -1.56. The topological polar surface area (TPSA) is 99.9 Å². The van der Waals surface area contributed by atoms with Crippen molar-refractivity contribution >= 4 is 11.9 Å². The number of esters is 1. The second kappa shape index (κ2) is 5.69.